The fourth-order valence-corrected chi connectivity index (χ4v) is 1.20. The SMILES string of the molecule is Nc1ccc(-c2nnc(N)n2N)c(F)c1. The molecule has 6 nitrogen and oxygen atoms in total. The number of aromatic nitrogens is 3. The molecular formula is C8H9FN6. The van der Waals surface area contributed by atoms with Gasteiger partial charge in [0.1, 0.15) is 5.82 Å². The monoisotopic (exact) mass is 208 g/mol. The van der Waals surface area contributed by atoms with Crippen molar-refractivity contribution in [2.45, 2.75) is 0 Å². The molecule has 0 radical (unpaired) electrons. The Morgan fingerprint density at radius 2 is 1.93 bits per heavy atom. The number of hydrogen-bond donors (Lipinski definition) is 3. The van der Waals surface area contributed by atoms with Gasteiger partial charge in [0.2, 0.25) is 5.95 Å². The van der Waals surface area contributed by atoms with Crippen LogP contribution in [0.15, 0.2) is 18.2 Å². The molecule has 15 heavy (non-hydrogen) atoms. The number of nitrogens with zero attached hydrogens (tertiary/aromatic N) is 3. The fraction of sp³-hybridized carbons (Fsp3) is 0. The van der Waals surface area contributed by atoms with Crippen LogP contribution in [0.4, 0.5) is 16.0 Å². The summed E-state index contributed by atoms with van der Waals surface area (Å²) in [5.41, 5.74) is 11.3. The van der Waals surface area contributed by atoms with E-state index in [4.69, 9.17) is 17.3 Å². The minimum absolute atomic E-state index is 0.0150. The second-order valence-electron chi connectivity index (χ2n) is 2.99. The van der Waals surface area contributed by atoms with Crippen LogP contribution < -0.4 is 17.3 Å². The van der Waals surface area contributed by atoms with Crippen molar-refractivity contribution in [2.24, 2.45) is 0 Å². The Labute approximate surface area is 84.5 Å². The van der Waals surface area contributed by atoms with Crippen molar-refractivity contribution in [1.82, 2.24) is 14.9 Å². The lowest BCUT2D eigenvalue weighted by atomic mass is 10.2. The van der Waals surface area contributed by atoms with Gasteiger partial charge in [-0.3, -0.25) is 0 Å². The van der Waals surface area contributed by atoms with Crippen LogP contribution >= 0.6 is 0 Å². The highest BCUT2D eigenvalue weighted by Crippen LogP contribution is 2.22. The van der Waals surface area contributed by atoms with Gasteiger partial charge in [-0.15, -0.1) is 10.2 Å². The molecule has 0 spiro atoms. The third-order valence-corrected chi connectivity index (χ3v) is 1.96. The molecule has 0 saturated heterocycles. The van der Waals surface area contributed by atoms with E-state index in [1.54, 1.807) is 6.07 Å². The summed E-state index contributed by atoms with van der Waals surface area (Å²) < 4.78 is 14.5. The first-order valence-electron chi connectivity index (χ1n) is 4.11. The van der Waals surface area contributed by atoms with Crippen LogP contribution in [0.2, 0.25) is 0 Å². The van der Waals surface area contributed by atoms with E-state index in [0.29, 0.717) is 5.69 Å². The van der Waals surface area contributed by atoms with E-state index >= 15 is 0 Å². The predicted octanol–water partition coefficient (Wildman–Crippen LogP) is -0.0376. The third-order valence-electron chi connectivity index (χ3n) is 1.96. The molecule has 0 aliphatic heterocycles. The number of halogens is 1. The molecule has 0 unspecified atom stereocenters. The van der Waals surface area contributed by atoms with Crippen molar-refractivity contribution < 1.29 is 4.39 Å². The van der Waals surface area contributed by atoms with Crippen LogP contribution in [0.5, 0.6) is 0 Å². The highest BCUT2D eigenvalue weighted by Gasteiger charge is 2.13. The largest absolute Gasteiger partial charge is 0.399 e. The van der Waals surface area contributed by atoms with Crippen molar-refractivity contribution >= 4 is 11.6 Å². The fourth-order valence-electron chi connectivity index (χ4n) is 1.20. The summed E-state index contributed by atoms with van der Waals surface area (Å²) in [6, 6.07) is 4.20. The van der Waals surface area contributed by atoms with Gasteiger partial charge in [-0.1, -0.05) is 0 Å². The number of hydrogen-bond acceptors (Lipinski definition) is 5. The summed E-state index contributed by atoms with van der Waals surface area (Å²) in [5, 5.41) is 7.18. The number of benzene rings is 1. The maximum Gasteiger partial charge on any atom is 0.241 e. The molecule has 2 aromatic rings. The van der Waals surface area contributed by atoms with Crippen LogP contribution in [0.3, 0.4) is 0 Å². The lowest BCUT2D eigenvalue weighted by molar-refractivity contribution is 0.630. The van der Waals surface area contributed by atoms with Crippen LogP contribution in [0, 0.1) is 5.82 Å². The van der Waals surface area contributed by atoms with Gasteiger partial charge in [0.05, 0.1) is 5.56 Å². The Kier molecular flexibility index (Phi) is 1.93. The molecule has 1 aromatic carbocycles. The molecule has 6 N–H and O–H groups in total. The third kappa shape index (κ3) is 1.43. The highest BCUT2D eigenvalue weighted by atomic mass is 19.1. The van der Waals surface area contributed by atoms with Gasteiger partial charge >= 0.3 is 0 Å². The molecule has 0 aliphatic carbocycles. The van der Waals surface area contributed by atoms with Gasteiger partial charge in [0.25, 0.3) is 0 Å². The van der Waals surface area contributed by atoms with Gasteiger partial charge in [-0.25, -0.2) is 9.07 Å². The molecule has 0 amide bonds. The maximum absolute atomic E-state index is 13.5. The van der Waals surface area contributed by atoms with Crippen LogP contribution in [-0.2, 0) is 0 Å². The predicted molar refractivity (Wildman–Crippen MR) is 54.4 cm³/mol. The van der Waals surface area contributed by atoms with Crippen LogP contribution in [-0.4, -0.2) is 14.9 Å². The molecule has 7 heteroatoms. The molecule has 2 rings (SSSR count). The van der Waals surface area contributed by atoms with Crippen molar-refractivity contribution in [3.8, 4) is 11.4 Å². The molecule has 1 aromatic heterocycles. The highest BCUT2D eigenvalue weighted by molar-refractivity contribution is 5.61. The topological polar surface area (TPSA) is 109 Å². The van der Waals surface area contributed by atoms with Gasteiger partial charge < -0.3 is 17.3 Å². The molecule has 0 fully saturated rings. The molecular weight excluding hydrogens is 199 g/mol. The molecule has 0 bridgehead atoms. The standard InChI is InChI=1S/C8H9FN6/c9-6-3-4(10)1-2-5(6)7-13-14-8(11)15(7)12/h1-3H,10,12H2,(H2,11,14). The molecule has 0 saturated carbocycles. The van der Waals surface area contributed by atoms with Crippen LogP contribution in [0.1, 0.15) is 0 Å². The minimum Gasteiger partial charge on any atom is -0.399 e. The summed E-state index contributed by atoms with van der Waals surface area (Å²) in [6.07, 6.45) is 0. The van der Waals surface area contributed by atoms with E-state index in [1.165, 1.54) is 12.1 Å². The smallest absolute Gasteiger partial charge is 0.241 e. The van der Waals surface area contributed by atoms with Crippen molar-refractivity contribution in [3.63, 3.8) is 0 Å². The average Bonchev–Trinajstić information content (AvgIpc) is 2.49. The van der Waals surface area contributed by atoms with Crippen molar-refractivity contribution in [2.75, 3.05) is 17.3 Å². The van der Waals surface area contributed by atoms with E-state index < -0.39 is 5.82 Å². The first-order chi connectivity index (χ1) is 7.09. The summed E-state index contributed by atoms with van der Waals surface area (Å²) >= 11 is 0. The summed E-state index contributed by atoms with van der Waals surface area (Å²) in [7, 11) is 0. The quantitative estimate of drug-likeness (QED) is 0.450. The summed E-state index contributed by atoms with van der Waals surface area (Å²) in [6.45, 7) is 0. The Bertz CT molecular complexity index is 506. The Morgan fingerprint density at radius 1 is 1.20 bits per heavy atom. The van der Waals surface area contributed by atoms with Gasteiger partial charge in [-0.05, 0) is 18.2 Å². The first-order valence-corrected chi connectivity index (χ1v) is 4.11. The van der Waals surface area contributed by atoms with E-state index in [2.05, 4.69) is 10.2 Å². The Morgan fingerprint density at radius 3 is 2.47 bits per heavy atom. The molecule has 0 aliphatic rings. The lowest BCUT2D eigenvalue weighted by Gasteiger charge is -2.03. The first kappa shape index (κ1) is 9.25. The van der Waals surface area contributed by atoms with Crippen molar-refractivity contribution in [1.29, 1.82) is 0 Å². The maximum atomic E-state index is 13.5. The molecule has 78 valence electrons. The zero-order valence-corrected chi connectivity index (χ0v) is 7.68. The second kappa shape index (κ2) is 3.12. The summed E-state index contributed by atoms with van der Waals surface area (Å²) in [4.78, 5) is 0. The zero-order valence-electron chi connectivity index (χ0n) is 7.68. The number of rotatable bonds is 1. The molecule has 0 atom stereocenters. The van der Waals surface area contributed by atoms with E-state index in [-0.39, 0.29) is 17.3 Å². The number of nitrogens with two attached hydrogens (primary N) is 3. The average molecular weight is 208 g/mol. The van der Waals surface area contributed by atoms with Crippen LogP contribution in [0.25, 0.3) is 11.4 Å². The van der Waals surface area contributed by atoms with E-state index in [9.17, 15) is 4.39 Å². The van der Waals surface area contributed by atoms with E-state index in [0.717, 1.165) is 4.68 Å². The minimum atomic E-state index is -0.519. The Balaban J connectivity index is 2.59. The zero-order chi connectivity index (χ0) is 11.0. The van der Waals surface area contributed by atoms with Crippen molar-refractivity contribution in [3.05, 3.63) is 24.0 Å². The number of nitrogen functional groups attached to an aromatic ring is 3. The van der Waals surface area contributed by atoms with Gasteiger partial charge in [-0.2, -0.15) is 0 Å². The lowest BCUT2D eigenvalue weighted by Crippen LogP contribution is -2.13. The normalized spacial score (nSPS) is 10.5. The van der Waals surface area contributed by atoms with Gasteiger partial charge in [0, 0.05) is 5.69 Å². The van der Waals surface area contributed by atoms with E-state index in [1.807, 2.05) is 0 Å². The Hall–Kier alpha value is -2.31. The van der Waals surface area contributed by atoms with Gasteiger partial charge in [0.15, 0.2) is 5.82 Å². The molecule has 1 heterocycles. The summed E-state index contributed by atoms with van der Waals surface area (Å²) in [5.74, 6) is 5.16. The number of anilines is 2. The second-order valence-corrected chi connectivity index (χ2v) is 2.99.